The van der Waals surface area contributed by atoms with Crippen LogP contribution in [0.25, 0.3) is 0 Å². The Morgan fingerprint density at radius 1 is 0.261 bits per heavy atom. The Morgan fingerprint density at radius 2 is 0.391 bits per heavy atom. The molecule has 0 saturated heterocycles. The molecule has 0 aliphatic carbocycles. The monoisotopic (exact) mass is 661 g/mol. The molecule has 46 heavy (non-hydrogen) atoms. The van der Waals surface area contributed by atoms with Crippen LogP contribution >= 0.6 is 0 Å². The Hall–Kier alpha value is -2.20. The van der Waals surface area contributed by atoms with E-state index in [9.17, 15) is 0 Å². The van der Waals surface area contributed by atoms with E-state index in [1.807, 2.05) is 0 Å². The van der Waals surface area contributed by atoms with Crippen LogP contribution in [0.5, 0.6) is 0 Å². The van der Waals surface area contributed by atoms with Gasteiger partial charge in [0.15, 0.2) is 0 Å². The van der Waals surface area contributed by atoms with E-state index >= 15 is 0 Å². The number of benzene rings is 3. The van der Waals surface area contributed by atoms with Gasteiger partial charge in [-0.1, -0.05) is 175 Å². The van der Waals surface area contributed by atoms with E-state index in [4.69, 9.17) is 0 Å². The van der Waals surface area contributed by atoms with E-state index in [1.165, 1.54) is 34.4 Å². The predicted octanol–water partition coefficient (Wildman–Crippen LogP) is 14.1. The van der Waals surface area contributed by atoms with Gasteiger partial charge < -0.3 is 0 Å². The fraction of sp³-hybridized carbons (Fsp3) is 0.533. The standard InChI is InChI=1S/3C15H23.Cr/c3*1-14(2,3)13(15(4,5)6)12-10-8-7-9-11-12;/h3*7-11H,1-6H3;/q3*-1;+3. The van der Waals surface area contributed by atoms with Crippen LogP contribution in [0.2, 0.25) is 0 Å². The third kappa shape index (κ3) is 14.3. The first-order chi connectivity index (χ1) is 20.2. The zero-order chi connectivity index (χ0) is 35.1. The molecule has 0 atom stereocenters. The largest absolute Gasteiger partial charge is 3.00 e. The van der Waals surface area contributed by atoms with Gasteiger partial charge in [-0.25, -0.2) is 0 Å². The molecule has 0 nitrogen and oxygen atoms in total. The summed E-state index contributed by atoms with van der Waals surface area (Å²) in [6.45, 7) is 41.3. The van der Waals surface area contributed by atoms with Crippen molar-refractivity contribution in [3.05, 3.63) is 125 Å². The summed E-state index contributed by atoms with van der Waals surface area (Å²) in [5.41, 5.74) is 5.45. The van der Waals surface area contributed by atoms with Gasteiger partial charge in [-0.3, -0.25) is 0 Å². The molecule has 0 spiro atoms. The molecule has 0 heterocycles. The number of rotatable bonds is 3. The van der Waals surface area contributed by atoms with Gasteiger partial charge in [0.25, 0.3) is 0 Å². The van der Waals surface area contributed by atoms with Crippen molar-refractivity contribution in [1.29, 1.82) is 0 Å². The Bertz CT molecular complexity index is 1010. The minimum absolute atomic E-state index is 0. The molecule has 1 heteroatoms. The predicted molar refractivity (Wildman–Crippen MR) is 203 cm³/mol. The van der Waals surface area contributed by atoms with Crippen LogP contribution in [-0.4, -0.2) is 0 Å². The molecule has 0 saturated carbocycles. The summed E-state index contributed by atoms with van der Waals surface area (Å²) in [5, 5.41) is 0. The van der Waals surface area contributed by atoms with Crippen LogP contribution in [0.4, 0.5) is 0 Å². The van der Waals surface area contributed by atoms with Crippen LogP contribution in [0, 0.1) is 50.2 Å². The molecule has 0 fully saturated rings. The maximum absolute atomic E-state index is 2.29. The second-order valence-corrected chi connectivity index (χ2v) is 18.7. The summed E-state index contributed by atoms with van der Waals surface area (Å²) in [6.07, 6.45) is 0. The maximum atomic E-state index is 2.29. The van der Waals surface area contributed by atoms with E-state index in [-0.39, 0.29) is 49.9 Å². The zero-order valence-electron chi connectivity index (χ0n) is 33.1. The molecular weight excluding hydrogens is 592 g/mol. The van der Waals surface area contributed by atoms with Gasteiger partial charge in [0.2, 0.25) is 0 Å². The van der Waals surface area contributed by atoms with Crippen LogP contribution in [-0.2, 0) is 17.4 Å². The van der Waals surface area contributed by atoms with E-state index < -0.39 is 0 Å². The number of hydrogen-bond donors (Lipinski definition) is 0. The van der Waals surface area contributed by atoms with Crippen molar-refractivity contribution < 1.29 is 17.4 Å². The van der Waals surface area contributed by atoms with E-state index in [0.717, 1.165) is 0 Å². The minimum Gasteiger partial charge on any atom is -0.188 e. The van der Waals surface area contributed by atoms with Gasteiger partial charge in [-0.2, -0.15) is 70.8 Å². The van der Waals surface area contributed by atoms with Crippen molar-refractivity contribution in [3.63, 3.8) is 0 Å². The molecule has 3 aromatic rings. The van der Waals surface area contributed by atoms with Crippen molar-refractivity contribution in [1.82, 2.24) is 0 Å². The van der Waals surface area contributed by atoms with Crippen molar-refractivity contribution in [2.45, 2.75) is 125 Å². The molecular formula is C45H69Cr. The first-order valence-corrected chi connectivity index (χ1v) is 17.0. The molecule has 0 unspecified atom stereocenters. The maximum Gasteiger partial charge on any atom is 3.00 e. The second-order valence-electron chi connectivity index (χ2n) is 18.7. The molecule has 0 N–H and O–H groups in total. The van der Waals surface area contributed by atoms with E-state index in [0.29, 0.717) is 0 Å². The van der Waals surface area contributed by atoms with Crippen molar-refractivity contribution >= 4 is 0 Å². The SMILES string of the molecule is CC(C)(C)[C-](c1ccccc1)C(C)(C)C.CC(C)(C)[C-](c1ccccc1)C(C)(C)C.CC(C)(C)[C-](c1ccccc1)C(C)(C)C.[Cr+3]. The Kier molecular flexibility index (Phi) is 16.0. The van der Waals surface area contributed by atoms with Gasteiger partial charge in [-0.15, -0.1) is 36.4 Å². The topological polar surface area (TPSA) is 0 Å². The first kappa shape index (κ1) is 43.8. The smallest absolute Gasteiger partial charge is 0.188 e. The Labute approximate surface area is 298 Å². The molecule has 1 radical (unpaired) electrons. The van der Waals surface area contributed by atoms with Crippen LogP contribution in [0.15, 0.2) is 91.0 Å². The minimum atomic E-state index is 0. The molecule has 255 valence electrons. The average molecular weight is 662 g/mol. The van der Waals surface area contributed by atoms with E-state index in [1.54, 1.807) is 0 Å². The van der Waals surface area contributed by atoms with Gasteiger partial charge >= 0.3 is 17.4 Å². The summed E-state index contributed by atoms with van der Waals surface area (Å²) in [5.74, 6) is 4.57. The quantitative estimate of drug-likeness (QED) is 0.245. The third-order valence-corrected chi connectivity index (χ3v) is 7.69. The summed E-state index contributed by atoms with van der Waals surface area (Å²) < 4.78 is 0. The summed E-state index contributed by atoms with van der Waals surface area (Å²) >= 11 is 0. The van der Waals surface area contributed by atoms with Gasteiger partial charge in [0, 0.05) is 0 Å². The molecule has 0 aromatic heterocycles. The molecule has 3 aromatic carbocycles. The third-order valence-electron chi connectivity index (χ3n) is 7.69. The fourth-order valence-electron chi connectivity index (χ4n) is 7.79. The van der Waals surface area contributed by atoms with Crippen LogP contribution < -0.4 is 0 Å². The molecule has 0 amide bonds. The van der Waals surface area contributed by atoms with Crippen molar-refractivity contribution in [2.75, 3.05) is 0 Å². The van der Waals surface area contributed by atoms with Gasteiger partial charge in [-0.05, 0) is 0 Å². The van der Waals surface area contributed by atoms with Crippen molar-refractivity contribution in [3.8, 4) is 0 Å². The zero-order valence-corrected chi connectivity index (χ0v) is 34.3. The molecule has 0 bridgehead atoms. The molecule has 3 rings (SSSR count). The average Bonchev–Trinajstić information content (AvgIpc) is 2.81. The summed E-state index contributed by atoms with van der Waals surface area (Å²) in [4.78, 5) is 0. The normalized spacial score (nSPS) is 12.4. The number of hydrogen-bond acceptors (Lipinski definition) is 0. The molecule has 0 aliphatic heterocycles. The van der Waals surface area contributed by atoms with Gasteiger partial charge in [0.1, 0.15) is 0 Å². The second kappa shape index (κ2) is 16.8. The molecule has 0 aliphatic rings. The van der Waals surface area contributed by atoms with Gasteiger partial charge in [0.05, 0.1) is 0 Å². The van der Waals surface area contributed by atoms with Crippen molar-refractivity contribution in [2.24, 2.45) is 32.5 Å². The fourth-order valence-corrected chi connectivity index (χ4v) is 7.79. The van der Waals surface area contributed by atoms with Crippen LogP contribution in [0.1, 0.15) is 141 Å². The van der Waals surface area contributed by atoms with Crippen LogP contribution in [0.3, 0.4) is 0 Å². The Morgan fingerprint density at radius 3 is 0.500 bits per heavy atom. The summed E-state index contributed by atoms with van der Waals surface area (Å²) in [7, 11) is 0. The Balaban J connectivity index is 0.000000653. The van der Waals surface area contributed by atoms with E-state index in [2.05, 4.69) is 216 Å². The first-order valence-electron chi connectivity index (χ1n) is 17.0. The summed E-state index contributed by atoms with van der Waals surface area (Å²) in [6, 6.07) is 32.2.